The van der Waals surface area contributed by atoms with E-state index >= 15 is 0 Å². The zero-order valence-corrected chi connectivity index (χ0v) is 19.5. The number of aliphatic hydroxyl groups excluding tert-OH is 2. The number of piperazine rings is 1. The molecule has 32 heavy (non-hydrogen) atoms. The van der Waals surface area contributed by atoms with Crippen molar-refractivity contribution < 1.29 is 19.8 Å². The van der Waals surface area contributed by atoms with Gasteiger partial charge in [-0.2, -0.15) is 0 Å². The summed E-state index contributed by atoms with van der Waals surface area (Å²) >= 11 is 0. The van der Waals surface area contributed by atoms with Gasteiger partial charge >= 0.3 is 0 Å². The number of hydrogen-bond donors (Lipinski definition) is 3. The SMILES string of the molecule is CC1(C)C2CCC1(C)C(O)C2CC(=O)NC(CO)C(=O)N1CCN(c2ccccc2)CC1. The first kappa shape index (κ1) is 23.1. The number of nitrogens with zero attached hydrogens (tertiary/aromatic N) is 2. The van der Waals surface area contributed by atoms with Gasteiger partial charge in [-0.1, -0.05) is 39.0 Å². The minimum Gasteiger partial charge on any atom is -0.394 e. The number of fused-ring (bicyclic) bond motifs is 2. The zero-order valence-electron chi connectivity index (χ0n) is 19.5. The van der Waals surface area contributed by atoms with Crippen LogP contribution in [-0.2, 0) is 9.59 Å². The molecule has 5 atom stereocenters. The van der Waals surface area contributed by atoms with Crippen LogP contribution >= 0.6 is 0 Å². The molecule has 3 fully saturated rings. The Morgan fingerprint density at radius 2 is 1.78 bits per heavy atom. The Kier molecular flexibility index (Phi) is 6.25. The van der Waals surface area contributed by atoms with Crippen molar-refractivity contribution in [2.24, 2.45) is 22.7 Å². The van der Waals surface area contributed by atoms with Crippen molar-refractivity contribution in [1.29, 1.82) is 0 Å². The summed E-state index contributed by atoms with van der Waals surface area (Å²) in [5.41, 5.74) is 0.947. The summed E-state index contributed by atoms with van der Waals surface area (Å²) in [5.74, 6) is -0.319. The molecule has 1 saturated heterocycles. The standard InChI is InChI=1S/C25H37N3O4/c1-24(2)19-9-10-25(24,3)22(31)18(19)15-21(30)26-20(16-29)23(32)28-13-11-27(12-14-28)17-7-5-4-6-8-17/h4-8,18-20,22,29,31H,9-16H2,1-3H3,(H,26,30). The van der Waals surface area contributed by atoms with Gasteiger partial charge in [0, 0.05) is 38.3 Å². The maximum Gasteiger partial charge on any atom is 0.247 e. The van der Waals surface area contributed by atoms with Crippen LogP contribution < -0.4 is 10.2 Å². The van der Waals surface area contributed by atoms with Gasteiger partial charge in [0.1, 0.15) is 6.04 Å². The largest absolute Gasteiger partial charge is 0.394 e. The molecule has 0 spiro atoms. The molecule has 7 heteroatoms. The van der Waals surface area contributed by atoms with Gasteiger partial charge in [-0.25, -0.2) is 0 Å². The van der Waals surface area contributed by atoms with E-state index in [0.29, 0.717) is 32.1 Å². The van der Waals surface area contributed by atoms with E-state index < -0.39 is 18.8 Å². The summed E-state index contributed by atoms with van der Waals surface area (Å²) in [7, 11) is 0. The molecule has 1 aromatic rings. The van der Waals surface area contributed by atoms with Gasteiger partial charge in [-0.3, -0.25) is 9.59 Å². The first-order valence-corrected chi connectivity index (χ1v) is 11.9. The first-order chi connectivity index (χ1) is 15.2. The van der Waals surface area contributed by atoms with E-state index in [9.17, 15) is 19.8 Å². The van der Waals surface area contributed by atoms with E-state index in [2.05, 4.69) is 43.1 Å². The van der Waals surface area contributed by atoms with Crippen LogP contribution in [-0.4, -0.2) is 71.9 Å². The second kappa shape index (κ2) is 8.67. The number of para-hydroxylation sites is 1. The Hall–Kier alpha value is -2.12. The molecule has 176 valence electrons. The lowest BCUT2D eigenvalue weighted by Gasteiger charge is -2.38. The first-order valence-electron chi connectivity index (χ1n) is 11.9. The summed E-state index contributed by atoms with van der Waals surface area (Å²) in [6.45, 7) is 8.62. The molecule has 2 bridgehead atoms. The van der Waals surface area contributed by atoms with Gasteiger partial charge in [0.15, 0.2) is 0 Å². The van der Waals surface area contributed by atoms with Crippen LogP contribution in [0, 0.1) is 22.7 Å². The van der Waals surface area contributed by atoms with Gasteiger partial charge < -0.3 is 25.3 Å². The fraction of sp³-hybridized carbons (Fsp3) is 0.680. The zero-order chi connectivity index (χ0) is 23.1. The molecule has 2 aliphatic carbocycles. The number of hydrogen-bond acceptors (Lipinski definition) is 5. The Balaban J connectivity index is 1.32. The Labute approximate surface area is 190 Å². The quantitative estimate of drug-likeness (QED) is 0.622. The molecule has 2 amide bonds. The van der Waals surface area contributed by atoms with Crippen LogP contribution in [0.2, 0.25) is 0 Å². The van der Waals surface area contributed by atoms with Crippen LogP contribution in [0.15, 0.2) is 30.3 Å². The molecule has 0 aromatic heterocycles. The highest BCUT2D eigenvalue weighted by Crippen LogP contribution is 2.68. The minimum absolute atomic E-state index is 0.0119. The van der Waals surface area contributed by atoms with Crippen LogP contribution in [0.3, 0.4) is 0 Å². The second-order valence-electron chi connectivity index (χ2n) is 10.5. The van der Waals surface area contributed by atoms with E-state index in [1.54, 1.807) is 4.90 Å². The third-order valence-corrected chi connectivity index (χ3v) is 8.90. The molecule has 4 rings (SSSR count). The number of rotatable bonds is 6. The summed E-state index contributed by atoms with van der Waals surface area (Å²) in [4.78, 5) is 29.7. The maximum absolute atomic E-state index is 13.0. The third-order valence-electron chi connectivity index (χ3n) is 8.90. The molecule has 2 saturated carbocycles. The number of anilines is 1. The number of nitrogens with one attached hydrogen (secondary N) is 1. The smallest absolute Gasteiger partial charge is 0.247 e. The van der Waals surface area contributed by atoms with Crippen LogP contribution in [0.4, 0.5) is 5.69 Å². The normalized spacial score (nSPS) is 32.1. The van der Waals surface area contributed by atoms with E-state index in [0.717, 1.165) is 18.5 Å². The van der Waals surface area contributed by atoms with Crippen molar-refractivity contribution in [1.82, 2.24) is 10.2 Å². The number of carbonyl (C=O) groups is 2. The number of carbonyl (C=O) groups excluding carboxylic acids is 2. The van der Waals surface area contributed by atoms with Gasteiger partial charge in [0.2, 0.25) is 11.8 Å². The van der Waals surface area contributed by atoms with Gasteiger partial charge in [0.25, 0.3) is 0 Å². The molecule has 5 unspecified atom stereocenters. The van der Waals surface area contributed by atoms with Crippen molar-refractivity contribution in [3.05, 3.63) is 30.3 Å². The molecule has 3 aliphatic rings. The van der Waals surface area contributed by atoms with Gasteiger partial charge in [-0.15, -0.1) is 0 Å². The highest BCUT2D eigenvalue weighted by molar-refractivity contribution is 5.88. The van der Waals surface area contributed by atoms with Crippen LogP contribution in [0.5, 0.6) is 0 Å². The average molecular weight is 444 g/mol. The molecule has 7 nitrogen and oxygen atoms in total. The van der Waals surface area contributed by atoms with Crippen molar-refractivity contribution in [3.63, 3.8) is 0 Å². The lowest BCUT2D eigenvalue weighted by molar-refractivity contribution is -0.138. The summed E-state index contributed by atoms with van der Waals surface area (Å²) in [6.07, 6.45) is 1.68. The van der Waals surface area contributed by atoms with Gasteiger partial charge in [-0.05, 0) is 47.6 Å². The fourth-order valence-electron chi connectivity index (χ4n) is 6.48. The lowest BCUT2D eigenvalue weighted by Crippen LogP contribution is -2.56. The summed E-state index contributed by atoms with van der Waals surface area (Å²) in [5, 5.41) is 23.5. The molecule has 1 heterocycles. The Morgan fingerprint density at radius 3 is 2.34 bits per heavy atom. The van der Waals surface area contributed by atoms with E-state index in [1.807, 2.05) is 18.2 Å². The highest BCUT2D eigenvalue weighted by atomic mass is 16.3. The summed E-state index contributed by atoms with van der Waals surface area (Å²) in [6, 6.07) is 9.15. The van der Waals surface area contributed by atoms with Crippen LogP contribution in [0.1, 0.15) is 40.0 Å². The number of aliphatic hydroxyl groups is 2. The molecular weight excluding hydrogens is 406 g/mol. The number of benzene rings is 1. The maximum atomic E-state index is 13.0. The average Bonchev–Trinajstić information content (AvgIpc) is 3.11. The Bertz CT molecular complexity index is 837. The van der Waals surface area contributed by atoms with E-state index in [1.165, 1.54) is 0 Å². The van der Waals surface area contributed by atoms with Crippen molar-refractivity contribution >= 4 is 17.5 Å². The molecular formula is C25H37N3O4. The molecule has 1 aliphatic heterocycles. The van der Waals surface area contributed by atoms with Crippen molar-refractivity contribution in [2.75, 3.05) is 37.7 Å². The fourth-order valence-corrected chi connectivity index (χ4v) is 6.48. The topological polar surface area (TPSA) is 93.1 Å². The van der Waals surface area contributed by atoms with E-state index in [-0.39, 0.29) is 35.0 Å². The molecule has 0 radical (unpaired) electrons. The predicted octanol–water partition coefficient (Wildman–Crippen LogP) is 1.64. The second-order valence-corrected chi connectivity index (χ2v) is 10.5. The van der Waals surface area contributed by atoms with Crippen molar-refractivity contribution in [3.8, 4) is 0 Å². The summed E-state index contributed by atoms with van der Waals surface area (Å²) < 4.78 is 0. The molecule has 3 N–H and O–H groups in total. The van der Waals surface area contributed by atoms with Gasteiger partial charge in [0.05, 0.1) is 12.7 Å². The monoisotopic (exact) mass is 443 g/mol. The Morgan fingerprint density at radius 1 is 1.12 bits per heavy atom. The van der Waals surface area contributed by atoms with Crippen molar-refractivity contribution in [2.45, 2.75) is 52.2 Å². The third kappa shape index (κ3) is 3.79. The number of amides is 2. The van der Waals surface area contributed by atoms with E-state index in [4.69, 9.17) is 0 Å². The predicted molar refractivity (Wildman–Crippen MR) is 123 cm³/mol. The highest BCUT2D eigenvalue weighted by Gasteiger charge is 2.65. The lowest BCUT2D eigenvalue weighted by atomic mass is 9.70. The minimum atomic E-state index is -0.940. The van der Waals surface area contributed by atoms with Crippen LogP contribution in [0.25, 0.3) is 0 Å². The molecule has 1 aromatic carbocycles.